The SMILES string of the molecule is CC1(O)CC(CNS(C)(=O)=O)CN(c2cc(-c3cnc(/C=C\C(=N)C(F)F)[nH]3)ncn2)C1. The van der Waals surface area contributed by atoms with Crippen molar-refractivity contribution in [2.75, 3.05) is 30.8 Å². The fourth-order valence-electron chi connectivity index (χ4n) is 3.58. The molecule has 13 heteroatoms. The van der Waals surface area contributed by atoms with Gasteiger partial charge in [0, 0.05) is 25.7 Å². The highest BCUT2D eigenvalue weighted by Crippen LogP contribution is 2.29. The number of piperidine rings is 1. The van der Waals surface area contributed by atoms with Crippen LogP contribution in [0.2, 0.25) is 0 Å². The normalized spacial score (nSPS) is 22.1. The highest BCUT2D eigenvalue weighted by Gasteiger charge is 2.35. The topological polar surface area (TPSA) is 148 Å². The van der Waals surface area contributed by atoms with E-state index >= 15 is 0 Å². The first-order valence-corrected chi connectivity index (χ1v) is 11.6. The van der Waals surface area contributed by atoms with Crippen LogP contribution in [-0.2, 0) is 10.0 Å². The van der Waals surface area contributed by atoms with Crippen molar-refractivity contribution in [3.63, 3.8) is 0 Å². The maximum atomic E-state index is 12.4. The summed E-state index contributed by atoms with van der Waals surface area (Å²) < 4.78 is 50.2. The second kappa shape index (κ2) is 9.38. The lowest BCUT2D eigenvalue weighted by atomic mass is 9.87. The molecule has 3 heterocycles. The second-order valence-corrected chi connectivity index (χ2v) is 9.93. The zero-order valence-corrected chi connectivity index (χ0v) is 18.4. The third-order valence-electron chi connectivity index (χ3n) is 4.88. The molecule has 2 atom stereocenters. The van der Waals surface area contributed by atoms with E-state index in [1.165, 1.54) is 18.6 Å². The Hall–Kier alpha value is -2.77. The Morgan fingerprint density at radius 3 is 2.91 bits per heavy atom. The quantitative estimate of drug-likeness (QED) is 0.426. The fourth-order valence-corrected chi connectivity index (χ4v) is 4.12. The zero-order valence-electron chi connectivity index (χ0n) is 17.6. The summed E-state index contributed by atoms with van der Waals surface area (Å²) in [5.74, 6) is 0.713. The van der Waals surface area contributed by atoms with Crippen LogP contribution in [0, 0.1) is 11.3 Å². The Morgan fingerprint density at radius 2 is 2.22 bits per heavy atom. The van der Waals surface area contributed by atoms with Gasteiger partial charge in [0.25, 0.3) is 6.43 Å². The number of allylic oxidation sites excluding steroid dienone is 1. The molecule has 0 aromatic carbocycles. The highest BCUT2D eigenvalue weighted by atomic mass is 32.2. The van der Waals surface area contributed by atoms with E-state index in [4.69, 9.17) is 5.41 Å². The molecular weight excluding hydrogens is 444 g/mol. The van der Waals surface area contributed by atoms with E-state index in [1.54, 1.807) is 13.0 Å². The predicted molar refractivity (Wildman–Crippen MR) is 116 cm³/mol. The van der Waals surface area contributed by atoms with Crippen LogP contribution in [0.15, 0.2) is 24.7 Å². The number of aromatic amines is 1. The standard InChI is InChI=1S/C19H25F2N7O3S/c1-19(29)6-12(7-26-32(2,30)31)9-28(10-19)17-5-14(24-11-25-17)15-8-23-16(27-15)4-3-13(22)18(20)21/h3-5,8,11-12,18,22,26,29H,6-7,9-10H2,1-2H3,(H,23,27)/b4-3-,22-13?. The number of rotatable bonds is 8. The molecule has 0 amide bonds. The number of nitrogens with zero attached hydrogens (tertiary/aromatic N) is 4. The largest absolute Gasteiger partial charge is 0.388 e. The lowest BCUT2D eigenvalue weighted by Gasteiger charge is -2.42. The number of hydrogen-bond donors (Lipinski definition) is 4. The molecule has 2 aromatic rings. The minimum atomic E-state index is -3.35. The molecule has 1 aliphatic heterocycles. The Kier molecular flexibility index (Phi) is 7.00. The number of aromatic nitrogens is 4. The third-order valence-corrected chi connectivity index (χ3v) is 5.57. The molecule has 0 radical (unpaired) electrons. The monoisotopic (exact) mass is 469 g/mol. The van der Waals surface area contributed by atoms with Crippen molar-refractivity contribution in [2.45, 2.75) is 25.4 Å². The number of nitrogens with one attached hydrogen (secondary N) is 3. The van der Waals surface area contributed by atoms with E-state index in [0.29, 0.717) is 42.5 Å². The van der Waals surface area contributed by atoms with E-state index in [1.807, 2.05) is 4.90 Å². The zero-order chi connectivity index (χ0) is 23.5. The molecule has 3 rings (SSSR count). The van der Waals surface area contributed by atoms with Crippen LogP contribution in [0.5, 0.6) is 0 Å². The van der Waals surface area contributed by atoms with Gasteiger partial charge in [-0.05, 0) is 31.4 Å². The number of H-pyrrole nitrogens is 1. The Labute approximate surface area is 184 Å². The van der Waals surface area contributed by atoms with Crippen molar-refractivity contribution in [1.82, 2.24) is 24.7 Å². The van der Waals surface area contributed by atoms with Crippen LogP contribution in [0.25, 0.3) is 17.5 Å². The number of alkyl halides is 2. The van der Waals surface area contributed by atoms with Gasteiger partial charge in [-0.15, -0.1) is 0 Å². The number of halogens is 2. The molecule has 0 bridgehead atoms. The van der Waals surface area contributed by atoms with Gasteiger partial charge < -0.3 is 15.0 Å². The van der Waals surface area contributed by atoms with Gasteiger partial charge in [-0.25, -0.2) is 36.9 Å². The van der Waals surface area contributed by atoms with E-state index in [9.17, 15) is 22.3 Å². The van der Waals surface area contributed by atoms with Gasteiger partial charge in [-0.1, -0.05) is 0 Å². The molecule has 2 unspecified atom stereocenters. The lowest BCUT2D eigenvalue weighted by Crippen LogP contribution is -2.52. The summed E-state index contributed by atoms with van der Waals surface area (Å²) in [5, 5.41) is 17.8. The van der Waals surface area contributed by atoms with Crippen molar-refractivity contribution in [1.29, 1.82) is 5.41 Å². The second-order valence-electron chi connectivity index (χ2n) is 8.10. The van der Waals surface area contributed by atoms with Crippen molar-refractivity contribution >= 4 is 27.6 Å². The average Bonchev–Trinajstić information content (AvgIpc) is 3.18. The molecule has 0 spiro atoms. The summed E-state index contributed by atoms with van der Waals surface area (Å²) in [7, 11) is -3.35. The van der Waals surface area contributed by atoms with Gasteiger partial charge in [0.1, 0.15) is 18.0 Å². The van der Waals surface area contributed by atoms with Gasteiger partial charge >= 0.3 is 0 Å². The predicted octanol–water partition coefficient (Wildman–Crippen LogP) is 1.29. The fraction of sp³-hybridized carbons (Fsp3) is 0.474. The molecule has 4 N–H and O–H groups in total. The summed E-state index contributed by atoms with van der Waals surface area (Å²) in [5.41, 5.74) is -0.823. The minimum absolute atomic E-state index is 0.124. The molecule has 0 aliphatic carbocycles. The number of anilines is 1. The first-order valence-electron chi connectivity index (χ1n) is 9.76. The van der Waals surface area contributed by atoms with E-state index in [2.05, 4.69) is 24.7 Å². The molecule has 1 aliphatic rings. The summed E-state index contributed by atoms with van der Waals surface area (Å²) in [6, 6.07) is 1.70. The van der Waals surface area contributed by atoms with Gasteiger partial charge in [-0.3, -0.25) is 5.41 Å². The molecule has 0 saturated carbocycles. The van der Waals surface area contributed by atoms with Gasteiger partial charge in [0.05, 0.1) is 35.2 Å². The van der Waals surface area contributed by atoms with E-state index < -0.39 is 27.8 Å². The van der Waals surface area contributed by atoms with Crippen molar-refractivity contribution < 1.29 is 22.3 Å². The van der Waals surface area contributed by atoms with Crippen LogP contribution < -0.4 is 9.62 Å². The molecule has 1 saturated heterocycles. The molecule has 174 valence electrons. The smallest absolute Gasteiger partial charge is 0.279 e. The van der Waals surface area contributed by atoms with Crippen molar-refractivity contribution in [2.24, 2.45) is 5.92 Å². The lowest BCUT2D eigenvalue weighted by molar-refractivity contribution is 0.0258. The number of aliphatic hydroxyl groups is 1. The van der Waals surface area contributed by atoms with Crippen LogP contribution in [0.1, 0.15) is 19.2 Å². The number of imidazole rings is 1. The van der Waals surface area contributed by atoms with Crippen LogP contribution in [-0.4, -0.2) is 77.1 Å². The van der Waals surface area contributed by atoms with Gasteiger partial charge in [0.15, 0.2) is 0 Å². The minimum Gasteiger partial charge on any atom is -0.388 e. The average molecular weight is 470 g/mol. The highest BCUT2D eigenvalue weighted by molar-refractivity contribution is 7.88. The maximum absolute atomic E-state index is 12.4. The van der Waals surface area contributed by atoms with Crippen LogP contribution in [0.4, 0.5) is 14.6 Å². The van der Waals surface area contributed by atoms with E-state index in [0.717, 1.165) is 12.3 Å². The summed E-state index contributed by atoms with van der Waals surface area (Å²) >= 11 is 0. The summed E-state index contributed by atoms with van der Waals surface area (Å²) in [4.78, 5) is 17.4. The van der Waals surface area contributed by atoms with Gasteiger partial charge in [0.2, 0.25) is 10.0 Å². The maximum Gasteiger partial charge on any atom is 0.279 e. The molecule has 10 nitrogen and oxygen atoms in total. The molecule has 32 heavy (non-hydrogen) atoms. The van der Waals surface area contributed by atoms with E-state index in [-0.39, 0.29) is 12.5 Å². The van der Waals surface area contributed by atoms with Crippen LogP contribution >= 0.6 is 0 Å². The Bertz CT molecular complexity index is 1100. The first-order chi connectivity index (χ1) is 14.9. The van der Waals surface area contributed by atoms with Crippen molar-refractivity contribution in [3.8, 4) is 11.4 Å². The Morgan fingerprint density at radius 1 is 1.47 bits per heavy atom. The van der Waals surface area contributed by atoms with Crippen LogP contribution in [0.3, 0.4) is 0 Å². The summed E-state index contributed by atoms with van der Waals surface area (Å²) in [6.45, 7) is 2.69. The number of hydrogen-bond acceptors (Lipinski definition) is 8. The molecule has 2 aromatic heterocycles. The summed E-state index contributed by atoms with van der Waals surface area (Å²) in [6.07, 6.45) is 3.77. The third kappa shape index (κ3) is 6.61. The Balaban J connectivity index is 1.77. The number of β-amino-alcohol motifs (C(OH)–C–C–N with tert-alkyl or cyclic N) is 1. The molecule has 1 fully saturated rings. The molecular formula is C19H25F2N7O3S. The van der Waals surface area contributed by atoms with Gasteiger partial charge in [-0.2, -0.15) is 0 Å². The first kappa shape index (κ1) is 23.9. The number of sulfonamides is 1. The van der Waals surface area contributed by atoms with Crippen molar-refractivity contribution in [3.05, 3.63) is 30.5 Å².